The fraction of sp³-hybridized carbons (Fsp3) is 0.300. The van der Waals surface area contributed by atoms with Gasteiger partial charge in [0.15, 0.2) is 11.6 Å². The Bertz CT molecular complexity index is 1120. The number of halogens is 3. The van der Waals surface area contributed by atoms with Crippen molar-refractivity contribution in [3.8, 4) is 0 Å². The second-order valence-corrected chi connectivity index (χ2v) is 9.29. The van der Waals surface area contributed by atoms with Crippen LogP contribution in [-0.4, -0.2) is 44.7 Å². The molecule has 2 aromatic rings. The van der Waals surface area contributed by atoms with Gasteiger partial charge in [-0.1, -0.05) is 17.7 Å². The van der Waals surface area contributed by atoms with Crippen LogP contribution in [0, 0.1) is 11.6 Å². The molecule has 0 saturated carbocycles. The van der Waals surface area contributed by atoms with Crippen molar-refractivity contribution in [2.24, 2.45) is 0 Å². The summed E-state index contributed by atoms with van der Waals surface area (Å²) in [5.41, 5.74) is -0.165. The largest absolute Gasteiger partial charge is 0.357 e. The van der Waals surface area contributed by atoms with E-state index in [1.807, 2.05) is 0 Å². The molecule has 1 heterocycles. The molecule has 1 aliphatic rings. The van der Waals surface area contributed by atoms with Crippen molar-refractivity contribution in [2.75, 3.05) is 20.1 Å². The van der Waals surface area contributed by atoms with Gasteiger partial charge >= 0.3 is 0 Å². The van der Waals surface area contributed by atoms with Crippen LogP contribution in [0.1, 0.15) is 34.8 Å². The SMILES string of the molecule is CNC(=O)C(NC(=O)c1cc(S(=O)(=O)N2CCCC2)ccc1Cl)c1ccc(F)c(F)c1. The first kappa shape index (κ1) is 23.1. The zero-order valence-electron chi connectivity index (χ0n) is 16.5. The highest BCUT2D eigenvalue weighted by molar-refractivity contribution is 7.89. The lowest BCUT2D eigenvalue weighted by Gasteiger charge is -2.19. The van der Waals surface area contributed by atoms with Crippen molar-refractivity contribution in [1.82, 2.24) is 14.9 Å². The zero-order chi connectivity index (χ0) is 22.8. The number of hydrogen-bond acceptors (Lipinski definition) is 4. The number of carbonyl (C=O) groups excluding carboxylic acids is 2. The number of nitrogens with one attached hydrogen (secondary N) is 2. The summed E-state index contributed by atoms with van der Waals surface area (Å²) in [5, 5.41) is 4.71. The predicted molar refractivity (Wildman–Crippen MR) is 110 cm³/mol. The lowest BCUT2D eigenvalue weighted by atomic mass is 10.0. The molecule has 0 radical (unpaired) electrons. The maximum absolute atomic E-state index is 13.7. The van der Waals surface area contributed by atoms with Crippen LogP contribution in [0.2, 0.25) is 5.02 Å². The van der Waals surface area contributed by atoms with Gasteiger partial charge in [-0.2, -0.15) is 4.31 Å². The molecule has 1 unspecified atom stereocenters. The normalized spacial score (nSPS) is 15.5. The Balaban J connectivity index is 1.93. The Labute approximate surface area is 183 Å². The van der Waals surface area contributed by atoms with Crippen LogP contribution in [0.25, 0.3) is 0 Å². The molecule has 3 rings (SSSR count). The lowest BCUT2D eigenvalue weighted by molar-refractivity contribution is -0.122. The summed E-state index contributed by atoms with van der Waals surface area (Å²) in [7, 11) is -2.48. The molecule has 1 fully saturated rings. The Morgan fingerprint density at radius 3 is 2.35 bits per heavy atom. The molecule has 166 valence electrons. The van der Waals surface area contributed by atoms with Crippen LogP contribution in [0.5, 0.6) is 0 Å². The first-order valence-corrected chi connectivity index (χ1v) is 11.2. The fourth-order valence-corrected chi connectivity index (χ4v) is 5.01. The third-order valence-electron chi connectivity index (χ3n) is 4.95. The molecule has 0 aliphatic carbocycles. The number of nitrogens with zero attached hydrogens (tertiary/aromatic N) is 1. The summed E-state index contributed by atoms with van der Waals surface area (Å²) in [6.07, 6.45) is 1.50. The molecule has 1 saturated heterocycles. The number of rotatable bonds is 6. The molecule has 0 bridgehead atoms. The maximum atomic E-state index is 13.7. The molecular weight excluding hydrogens is 452 g/mol. The minimum Gasteiger partial charge on any atom is -0.357 e. The number of benzene rings is 2. The number of sulfonamides is 1. The lowest BCUT2D eigenvalue weighted by Crippen LogP contribution is -2.39. The minimum absolute atomic E-state index is 0.00330. The summed E-state index contributed by atoms with van der Waals surface area (Å²) < 4.78 is 53.8. The third kappa shape index (κ3) is 4.86. The number of carbonyl (C=O) groups is 2. The van der Waals surface area contributed by atoms with Gasteiger partial charge in [-0.05, 0) is 48.7 Å². The highest BCUT2D eigenvalue weighted by Crippen LogP contribution is 2.26. The number of amides is 2. The third-order valence-corrected chi connectivity index (χ3v) is 7.17. The summed E-state index contributed by atoms with van der Waals surface area (Å²) in [6.45, 7) is 0.780. The van der Waals surface area contributed by atoms with E-state index in [1.165, 1.54) is 23.5 Å². The molecule has 2 aromatic carbocycles. The van der Waals surface area contributed by atoms with Gasteiger partial charge in [0.25, 0.3) is 5.91 Å². The smallest absolute Gasteiger partial charge is 0.253 e. The molecule has 2 amide bonds. The number of hydrogen-bond donors (Lipinski definition) is 2. The zero-order valence-corrected chi connectivity index (χ0v) is 18.1. The highest BCUT2D eigenvalue weighted by atomic mass is 35.5. The van der Waals surface area contributed by atoms with E-state index in [4.69, 9.17) is 11.6 Å². The maximum Gasteiger partial charge on any atom is 0.253 e. The van der Waals surface area contributed by atoms with Gasteiger partial charge in [0, 0.05) is 20.1 Å². The average Bonchev–Trinajstić information content (AvgIpc) is 3.29. The summed E-state index contributed by atoms with van der Waals surface area (Å²) in [5.74, 6) is -3.82. The topological polar surface area (TPSA) is 95.6 Å². The van der Waals surface area contributed by atoms with Gasteiger partial charge in [0.1, 0.15) is 6.04 Å². The Kier molecular flexibility index (Phi) is 6.93. The van der Waals surface area contributed by atoms with E-state index in [0.29, 0.717) is 13.1 Å². The van der Waals surface area contributed by atoms with E-state index in [0.717, 1.165) is 37.1 Å². The van der Waals surface area contributed by atoms with Gasteiger partial charge in [0.05, 0.1) is 15.5 Å². The quantitative estimate of drug-likeness (QED) is 0.677. The van der Waals surface area contributed by atoms with E-state index in [-0.39, 0.29) is 21.0 Å². The standard InChI is InChI=1S/C20H20ClF2N3O4S/c1-24-20(28)18(12-4-7-16(22)17(23)10-12)25-19(27)14-11-13(5-6-15(14)21)31(29,30)26-8-2-3-9-26/h4-7,10-11,18H,2-3,8-9H2,1H3,(H,24,28)(H,25,27). The molecule has 0 spiro atoms. The predicted octanol–water partition coefficient (Wildman–Crippen LogP) is 2.62. The Morgan fingerprint density at radius 1 is 1.06 bits per heavy atom. The van der Waals surface area contributed by atoms with Crippen LogP contribution in [0.4, 0.5) is 8.78 Å². The molecular formula is C20H20ClF2N3O4S. The van der Waals surface area contributed by atoms with Crippen molar-refractivity contribution < 1.29 is 26.8 Å². The summed E-state index contributed by atoms with van der Waals surface area (Å²) in [6, 6.07) is 5.16. The van der Waals surface area contributed by atoms with E-state index >= 15 is 0 Å². The average molecular weight is 472 g/mol. The first-order chi connectivity index (χ1) is 14.6. The fourth-order valence-electron chi connectivity index (χ4n) is 3.26. The van der Waals surface area contributed by atoms with E-state index < -0.39 is 39.5 Å². The first-order valence-electron chi connectivity index (χ1n) is 9.42. The van der Waals surface area contributed by atoms with E-state index in [1.54, 1.807) is 0 Å². The summed E-state index contributed by atoms with van der Waals surface area (Å²) >= 11 is 6.11. The second-order valence-electron chi connectivity index (χ2n) is 6.95. The Hall–Kier alpha value is -2.56. The van der Waals surface area contributed by atoms with Crippen LogP contribution in [0.15, 0.2) is 41.3 Å². The Morgan fingerprint density at radius 2 is 1.74 bits per heavy atom. The van der Waals surface area contributed by atoms with Crippen LogP contribution < -0.4 is 10.6 Å². The van der Waals surface area contributed by atoms with Crippen LogP contribution in [0.3, 0.4) is 0 Å². The van der Waals surface area contributed by atoms with Crippen molar-refractivity contribution in [1.29, 1.82) is 0 Å². The molecule has 7 nitrogen and oxygen atoms in total. The highest BCUT2D eigenvalue weighted by Gasteiger charge is 2.29. The molecule has 1 aliphatic heterocycles. The molecule has 31 heavy (non-hydrogen) atoms. The van der Waals surface area contributed by atoms with Gasteiger partial charge < -0.3 is 10.6 Å². The van der Waals surface area contributed by atoms with Gasteiger partial charge in [-0.3, -0.25) is 9.59 Å². The molecule has 11 heteroatoms. The van der Waals surface area contributed by atoms with E-state index in [2.05, 4.69) is 10.6 Å². The molecule has 1 atom stereocenters. The summed E-state index contributed by atoms with van der Waals surface area (Å²) in [4.78, 5) is 25.0. The minimum atomic E-state index is -3.80. The van der Waals surface area contributed by atoms with Crippen molar-refractivity contribution in [3.05, 3.63) is 64.2 Å². The van der Waals surface area contributed by atoms with E-state index in [9.17, 15) is 26.8 Å². The second kappa shape index (κ2) is 9.29. The van der Waals surface area contributed by atoms with Gasteiger partial charge in [-0.25, -0.2) is 17.2 Å². The van der Waals surface area contributed by atoms with Crippen molar-refractivity contribution in [3.63, 3.8) is 0 Å². The van der Waals surface area contributed by atoms with Crippen LogP contribution in [-0.2, 0) is 14.8 Å². The molecule has 0 aromatic heterocycles. The van der Waals surface area contributed by atoms with Gasteiger partial charge in [0.2, 0.25) is 15.9 Å². The van der Waals surface area contributed by atoms with Gasteiger partial charge in [-0.15, -0.1) is 0 Å². The monoisotopic (exact) mass is 471 g/mol. The van der Waals surface area contributed by atoms with Crippen molar-refractivity contribution in [2.45, 2.75) is 23.8 Å². The number of likely N-dealkylation sites (N-methyl/N-ethyl adjacent to an activating group) is 1. The molecule has 2 N–H and O–H groups in total. The van der Waals surface area contributed by atoms with Crippen molar-refractivity contribution >= 4 is 33.4 Å². The van der Waals surface area contributed by atoms with Crippen LogP contribution >= 0.6 is 11.6 Å².